The number of hydrogen-bond acceptors (Lipinski definition) is 6. The summed E-state index contributed by atoms with van der Waals surface area (Å²) in [5, 5.41) is 7.13. The van der Waals surface area contributed by atoms with Gasteiger partial charge in [0.15, 0.2) is 5.82 Å². The molecular formula is C13H16BrN3O2S. The first-order valence-corrected chi connectivity index (χ1v) is 7.96. The van der Waals surface area contributed by atoms with Gasteiger partial charge in [-0.25, -0.2) is 0 Å². The molecule has 5 nitrogen and oxygen atoms in total. The van der Waals surface area contributed by atoms with Gasteiger partial charge in [-0.05, 0) is 28.1 Å². The highest BCUT2D eigenvalue weighted by atomic mass is 79.9. The van der Waals surface area contributed by atoms with Crippen molar-refractivity contribution in [1.29, 1.82) is 0 Å². The largest absolute Gasteiger partial charge is 0.383 e. The molecule has 0 radical (unpaired) electrons. The molecule has 108 valence electrons. The lowest BCUT2D eigenvalue weighted by atomic mass is 10.4. The van der Waals surface area contributed by atoms with E-state index in [0.29, 0.717) is 30.6 Å². The second-order valence-electron chi connectivity index (χ2n) is 3.99. The molecule has 0 aliphatic carbocycles. The van der Waals surface area contributed by atoms with E-state index in [2.05, 4.69) is 37.5 Å². The second-order valence-corrected chi connectivity index (χ2v) is 5.86. The zero-order valence-corrected chi connectivity index (χ0v) is 13.5. The standard InChI is InChI=1S/C13H16BrN3O2S/c1-18-7-6-15-8-13-16-12(17-19-13)9-20-11-5-3-2-4-10(11)14/h2-5,15H,6-9H2,1H3. The Labute approximate surface area is 130 Å². The van der Waals surface area contributed by atoms with Crippen molar-refractivity contribution >= 4 is 27.7 Å². The number of halogens is 1. The first-order chi connectivity index (χ1) is 9.79. The van der Waals surface area contributed by atoms with E-state index >= 15 is 0 Å². The molecule has 20 heavy (non-hydrogen) atoms. The Morgan fingerprint density at radius 1 is 1.40 bits per heavy atom. The number of ether oxygens (including phenoxy) is 1. The summed E-state index contributed by atoms with van der Waals surface area (Å²) in [6.45, 7) is 1.99. The smallest absolute Gasteiger partial charge is 0.240 e. The van der Waals surface area contributed by atoms with E-state index in [9.17, 15) is 0 Å². The summed E-state index contributed by atoms with van der Waals surface area (Å²) in [7, 11) is 1.67. The van der Waals surface area contributed by atoms with Gasteiger partial charge in [-0.2, -0.15) is 4.98 Å². The normalized spacial score (nSPS) is 10.9. The third kappa shape index (κ3) is 4.90. The van der Waals surface area contributed by atoms with Gasteiger partial charge >= 0.3 is 0 Å². The molecule has 0 bridgehead atoms. The monoisotopic (exact) mass is 357 g/mol. The average Bonchev–Trinajstić information content (AvgIpc) is 2.91. The topological polar surface area (TPSA) is 60.2 Å². The molecule has 7 heteroatoms. The molecule has 0 amide bonds. The van der Waals surface area contributed by atoms with Gasteiger partial charge in [-0.15, -0.1) is 11.8 Å². The summed E-state index contributed by atoms with van der Waals surface area (Å²) in [5.74, 6) is 1.99. The molecule has 0 spiro atoms. The Hall–Kier alpha value is -0.890. The Balaban J connectivity index is 1.79. The molecule has 2 rings (SSSR count). The molecule has 0 fully saturated rings. The lowest BCUT2D eigenvalue weighted by molar-refractivity contribution is 0.197. The highest BCUT2D eigenvalue weighted by Gasteiger charge is 2.07. The van der Waals surface area contributed by atoms with Crippen molar-refractivity contribution in [2.45, 2.75) is 17.2 Å². The van der Waals surface area contributed by atoms with E-state index in [0.717, 1.165) is 15.9 Å². The van der Waals surface area contributed by atoms with Crippen LogP contribution in [0.2, 0.25) is 0 Å². The van der Waals surface area contributed by atoms with E-state index in [-0.39, 0.29) is 0 Å². The highest BCUT2D eigenvalue weighted by molar-refractivity contribution is 9.10. The number of methoxy groups -OCH3 is 1. The van der Waals surface area contributed by atoms with Crippen LogP contribution in [-0.4, -0.2) is 30.4 Å². The Morgan fingerprint density at radius 3 is 3.05 bits per heavy atom. The summed E-state index contributed by atoms with van der Waals surface area (Å²) in [6, 6.07) is 8.08. The van der Waals surface area contributed by atoms with Crippen molar-refractivity contribution in [3.05, 3.63) is 40.5 Å². The van der Waals surface area contributed by atoms with Gasteiger partial charge in [0.05, 0.1) is 18.9 Å². The Morgan fingerprint density at radius 2 is 2.25 bits per heavy atom. The molecule has 0 atom stereocenters. The van der Waals surface area contributed by atoms with Crippen LogP contribution >= 0.6 is 27.7 Å². The lowest BCUT2D eigenvalue weighted by Crippen LogP contribution is -2.18. The number of thioether (sulfide) groups is 1. The Bertz CT molecular complexity index is 536. The fourth-order valence-electron chi connectivity index (χ4n) is 1.49. The Kier molecular flexibility index (Phi) is 6.52. The molecule has 1 aromatic heterocycles. The van der Waals surface area contributed by atoms with Gasteiger partial charge < -0.3 is 14.6 Å². The highest BCUT2D eigenvalue weighted by Crippen LogP contribution is 2.28. The maximum absolute atomic E-state index is 5.17. The first kappa shape index (κ1) is 15.5. The van der Waals surface area contributed by atoms with Crippen molar-refractivity contribution in [3.63, 3.8) is 0 Å². The summed E-state index contributed by atoms with van der Waals surface area (Å²) >= 11 is 5.19. The predicted octanol–water partition coefficient (Wildman–Crippen LogP) is 2.86. The van der Waals surface area contributed by atoms with E-state index in [1.807, 2.05) is 18.2 Å². The molecule has 0 aliphatic rings. The van der Waals surface area contributed by atoms with Gasteiger partial charge in [0.2, 0.25) is 5.89 Å². The van der Waals surface area contributed by atoms with Gasteiger partial charge in [0.1, 0.15) is 0 Å². The minimum absolute atomic E-state index is 0.566. The van der Waals surface area contributed by atoms with Crippen LogP contribution in [0.1, 0.15) is 11.7 Å². The van der Waals surface area contributed by atoms with Crippen molar-refractivity contribution in [2.24, 2.45) is 0 Å². The third-order valence-corrected chi connectivity index (χ3v) is 4.49. The summed E-state index contributed by atoms with van der Waals surface area (Å²) in [6.07, 6.45) is 0. The summed E-state index contributed by atoms with van der Waals surface area (Å²) in [4.78, 5) is 5.50. The fraction of sp³-hybridized carbons (Fsp3) is 0.385. The number of nitrogens with zero attached hydrogens (tertiary/aromatic N) is 2. The summed E-state index contributed by atoms with van der Waals surface area (Å²) < 4.78 is 11.2. The van der Waals surface area contributed by atoms with Crippen LogP contribution in [0, 0.1) is 0 Å². The van der Waals surface area contributed by atoms with Crippen LogP contribution in [0.4, 0.5) is 0 Å². The number of aromatic nitrogens is 2. The van der Waals surface area contributed by atoms with Crippen molar-refractivity contribution < 1.29 is 9.26 Å². The number of benzene rings is 1. The zero-order chi connectivity index (χ0) is 14.2. The van der Waals surface area contributed by atoms with Gasteiger partial charge in [0, 0.05) is 23.0 Å². The molecular weight excluding hydrogens is 342 g/mol. The van der Waals surface area contributed by atoms with Crippen molar-refractivity contribution in [2.75, 3.05) is 20.3 Å². The average molecular weight is 358 g/mol. The number of nitrogens with one attached hydrogen (secondary N) is 1. The molecule has 1 aromatic carbocycles. The van der Waals surface area contributed by atoms with Crippen molar-refractivity contribution in [3.8, 4) is 0 Å². The van der Waals surface area contributed by atoms with Crippen LogP contribution in [0.5, 0.6) is 0 Å². The van der Waals surface area contributed by atoms with E-state index < -0.39 is 0 Å². The van der Waals surface area contributed by atoms with Crippen molar-refractivity contribution in [1.82, 2.24) is 15.5 Å². The van der Waals surface area contributed by atoms with Gasteiger partial charge in [-0.1, -0.05) is 17.3 Å². The molecule has 0 saturated heterocycles. The molecule has 1 heterocycles. The lowest BCUT2D eigenvalue weighted by Gasteiger charge is -2.00. The number of rotatable bonds is 8. The molecule has 0 unspecified atom stereocenters. The number of hydrogen-bond donors (Lipinski definition) is 1. The second kappa shape index (κ2) is 8.41. The SMILES string of the molecule is COCCNCc1nc(CSc2ccccc2Br)no1. The fourth-order valence-corrected chi connectivity index (χ4v) is 2.90. The molecule has 0 aliphatic heterocycles. The summed E-state index contributed by atoms with van der Waals surface area (Å²) in [5.41, 5.74) is 0. The third-order valence-electron chi connectivity index (χ3n) is 2.46. The van der Waals surface area contributed by atoms with Crippen LogP contribution in [0.15, 0.2) is 38.2 Å². The minimum Gasteiger partial charge on any atom is -0.383 e. The van der Waals surface area contributed by atoms with Crippen LogP contribution < -0.4 is 5.32 Å². The maximum atomic E-state index is 5.17. The molecule has 0 saturated carbocycles. The van der Waals surface area contributed by atoms with E-state index in [1.165, 1.54) is 0 Å². The van der Waals surface area contributed by atoms with Crippen LogP contribution in [0.25, 0.3) is 0 Å². The van der Waals surface area contributed by atoms with E-state index in [1.54, 1.807) is 18.9 Å². The predicted molar refractivity (Wildman–Crippen MR) is 81.6 cm³/mol. The minimum atomic E-state index is 0.566. The van der Waals surface area contributed by atoms with Gasteiger partial charge in [-0.3, -0.25) is 0 Å². The first-order valence-electron chi connectivity index (χ1n) is 6.18. The van der Waals surface area contributed by atoms with Crippen LogP contribution in [0.3, 0.4) is 0 Å². The molecule has 1 N–H and O–H groups in total. The quantitative estimate of drug-likeness (QED) is 0.578. The van der Waals surface area contributed by atoms with Crippen LogP contribution in [-0.2, 0) is 17.0 Å². The molecule has 2 aromatic rings. The van der Waals surface area contributed by atoms with Gasteiger partial charge in [0.25, 0.3) is 0 Å². The maximum Gasteiger partial charge on any atom is 0.240 e. The van der Waals surface area contributed by atoms with E-state index in [4.69, 9.17) is 9.26 Å². The zero-order valence-electron chi connectivity index (χ0n) is 11.1.